The van der Waals surface area contributed by atoms with Crippen molar-refractivity contribution in [3.8, 4) is 0 Å². The number of aromatic carboxylic acids is 1. The average molecular weight is 302 g/mol. The molecule has 0 aliphatic heterocycles. The van der Waals surface area contributed by atoms with E-state index in [2.05, 4.69) is 26.2 Å². The fourth-order valence-corrected chi connectivity index (χ4v) is 2.74. The zero-order chi connectivity index (χ0) is 11.7. The van der Waals surface area contributed by atoms with Gasteiger partial charge in [0, 0.05) is 9.35 Å². The number of carboxylic acid groups (broad SMARTS) is 1. The minimum atomic E-state index is -1.05. The van der Waals surface area contributed by atoms with Crippen molar-refractivity contribution in [2.24, 2.45) is 0 Å². The van der Waals surface area contributed by atoms with Crippen LogP contribution in [0.4, 0.5) is 0 Å². The molecule has 0 radical (unpaired) electrons. The molecule has 0 atom stereocenters. The van der Waals surface area contributed by atoms with Gasteiger partial charge in [-0.25, -0.2) is 9.48 Å². The molecular weight excluding hydrogens is 294 g/mol. The van der Waals surface area contributed by atoms with E-state index < -0.39 is 5.97 Å². The zero-order valence-corrected chi connectivity index (χ0v) is 10.7. The van der Waals surface area contributed by atoms with Crippen LogP contribution < -0.4 is 0 Å². The lowest BCUT2D eigenvalue weighted by atomic mass is 10.3. The van der Waals surface area contributed by atoms with Crippen molar-refractivity contribution in [3.05, 3.63) is 32.2 Å². The highest BCUT2D eigenvalue weighted by atomic mass is 79.9. The molecular formula is C9H8BrN3O2S. The predicted molar refractivity (Wildman–Crippen MR) is 62.8 cm³/mol. The molecule has 5 nitrogen and oxygen atoms in total. The van der Waals surface area contributed by atoms with E-state index in [4.69, 9.17) is 5.11 Å². The summed E-state index contributed by atoms with van der Waals surface area (Å²) in [6.07, 6.45) is 0. The number of nitrogens with zero attached hydrogens (tertiary/aromatic N) is 3. The van der Waals surface area contributed by atoms with Gasteiger partial charge in [0.25, 0.3) is 0 Å². The number of hydrogen-bond acceptors (Lipinski definition) is 4. The average Bonchev–Trinajstić information content (AvgIpc) is 2.76. The standard InChI is InChI=1S/C9H8BrN3O2S/c1-5-8(9(14)15)11-12-13(5)4-7-6(10)2-3-16-7/h2-3H,4H2,1H3,(H,14,15). The predicted octanol–water partition coefficient (Wildman–Crippen LogP) is 2.16. The Bertz CT molecular complexity index is 535. The number of aromatic nitrogens is 3. The van der Waals surface area contributed by atoms with E-state index in [0.29, 0.717) is 12.2 Å². The fourth-order valence-electron chi connectivity index (χ4n) is 1.28. The van der Waals surface area contributed by atoms with Gasteiger partial charge in [0.15, 0.2) is 5.69 Å². The molecule has 0 bridgehead atoms. The van der Waals surface area contributed by atoms with E-state index in [1.54, 1.807) is 22.9 Å². The summed E-state index contributed by atoms with van der Waals surface area (Å²) in [5, 5.41) is 18.3. The molecule has 2 rings (SSSR count). The van der Waals surface area contributed by atoms with Crippen molar-refractivity contribution in [1.29, 1.82) is 0 Å². The van der Waals surface area contributed by atoms with Gasteiger partial charge in [-0.3, -0.25) is 0 Å². The van der Waals surface area contributed by atoms with E-state index in [0.717, 1.165) is 9.35 Å². The second-order valence-electron chi connectivity index (χ2n) is 3.18. The van der Waals surface area contributed by atoms with E-state index in [-0.39, 0.29) is 5.69 Å². The highest BCUT2D eigenvalue weighted by Crippen LogP contribution is 2.23. The third-order valence-electron chi connectivity index (χ3n) is 2.17. The largest absolute Gasteiger partial charge is 0.476 e. The third kappa shape index (κ3) is 2.00. The lowest BCUT2D eigenvalue weighted by Gasteiger charge is -2.01. The Kier molecular flexibility index (Phi) is 3.06. The highest BCUT2D eigenvalue weighted by Gasteiger charge is 2.15. The maximum atomic E-state index is 10.8. The molecule has 2 aromatic heterocycles. The summed E-state index contributed by atoms with van der Waals surface area (Å²) in [4.78, 5) is 11.9. The van der Waals surface area contributed by atoms with Crippen LogP contribution >= 0.6 is 27.3 Å². The minimum absolute atomic E-state index is 0.00711. The number of carbonyl (C=O) groups is 1. The summed E-state index contributed by atoms with van der Waals surface area (Å²) in [7, 11) is 0. The number of thiophene rings is 1. The molecule has 0 amide bonds. The van der Waals surface area contributed by atoms with Crippen LogP contribution in [0.5, 0.6) is 0 Å². The van der Waals surface area contributed by atoms with Crippen molar-refractivity contribution in [2.75, 3.05) is 0 Å². The summed E-state index contributed by atoms with van der Waals surface area (Å²) in [5.74, 6) is -1.05. The Morgan fingerprint density at radius 1 is 1.69 bits per heavy atom. The van der Waals surface area contributed by atoms with Gasteiger partial charge < -0.3 is 5.11 Å². The molecule has 2 heterocycles. The number of carboxylic acids is 1. The molecule has 0 unspecified atom stereocenters. The third-order valence-corrected chi connectivity index (χ3v) is 4.08. The first-order valence-electron chi connectivity index (χ1n) is 4.45. The maximum absolute atomic E-state index is 10.8. The van der Waals surface area contributed by atoms with Crippen LogP contribution in [0, 0.1) is 6.92 Å². The van der Waals surface area contributed by atoms with Crippen LogP contribution in [0.25, 0.3) is 0 Å². The molecule has 1 N–H and O–H groups in total. The Balaban J connectivity index is 2.29. The van der Waals surface area contributed by atoms with Gasteiger partial charge in [0.1, 0.15) is 0 Å². The number of rotatable bonds is 3. The molecule has 16 heavy (non-hydrogen) atoms. The van der Waals surface area contributed by atoms with Crippen molar-refractivity contribution in [1.82, 2.24) is 15.0 Å². The summed E-state index contributed by atoms with van der Waals surface area (Å²) in [6, 6.07) is 1.95. The zero-order valence-electron chi connectivity index (χ0n) is 8.35. The highest BCUT2D eigenvalue weighted by molar-refractivity contribution is 9.10. The molecule has 84 valence electrons. The molecule has 0 spiro atoms. The lowest BCUT2D eigenvalue weighted by Crippen LogP contribution is -2.05. The smallest absolute Gasteiger partial charge is 0.358 e. The quantitative estimate of drug-likeness (QED) is 0.943. The SMILES string of the molecule is Cc1c(C(=O)O)nnn1Cc1sccc1Br. The number of halogens is 1. The van der Waals surface area contributed by atoms with Gasteiger partial charge >= 0.3 is 5.97 Å². The Hall–Kier alpha value is -1.21. The maximum Gasteiger partial charge on any atom is 0.358 e. The van der Waals surface area contributed by atoms with Gasteiger partial charge in [-0.15, -0.1) is 16.4 Å². The lowest BCUT2D eigenvalue weighted by molar-refractivity contribution is 0.0689. The van der Waals surface area contributed by atoms with Crippen LogP contribution in [0.3, 0.4) is 0 Å². The van der Waals surface area contributed by atoms with Crippen molar-refractivity contribution >= 4 is 33.2 Å². The van der Waals surface area contributed by atoms with Crippen LogP contribution in [-0.2, 0) is 6.54 Å². The first kappa shape index (κ1) is 11.3. The molecule has 0 saturated heterocycles. The molecule has 7 heteroatoms. The van der Waals surface area contributed by atoms with Crippen molar-refractivity contribution in [3.63, 3.8) is 0 Å². The molecule has 0 aliphatic rings. The normalized spacial score (nSPS) is 10.6. The first-order chi connectivity index (χ1) is 7.59. The first-order valence-corrected chi connectivity index (χ1v) is 6.12. The van der Waals surface area contributed by atoms with Gasteiger partial charge in [0.05, 0.1) is 12.2 Å². The molecule has 2 aromatic rings. The van der Waals surface area contributed by atoms with Gasteiger partial charge in [0.2, 0.25) is 0 Å². The molecule has 0 aliphatic carbocycles. The second kappa shape index (κ2) is 4.34. The van der Waals surface area contributed by atoms with E-state index in [1.807, 2.05) is 11.4 Å². The van der Waals surface area contributed by atoms with Crippen LogP contribution in [-0.4, -0.2) is 26.1 Å². The Morgan fingerprint density at radius 2 is 2.44 bits per heavy atom. The van der Waals surface area contributed by atoms with Crippen molar-refractivity contribution < 1.29 is 9.90 Å². The van der Waals surface area contributed by atoms with Crippen LogP contribution in [0.1, 0.15) is 21.1 Å². The Morgan fingerprint density at radius 3 is 2.94 bits per heavy atom. The van der Waals surface area contributed by atoms with Gasteiger partial charge in [-0.05, 0) is 34.3 Å². The summed E-state index contributed by atoms with van der Waals surface area (Å²) < 4.78 is 2.59. The summed E-state index contributed by atoms with van der Waals surface area (Å²) in [6.45, 7) is 2.23. The monoisotopic (exact) mass is 301 g/mol. The molecule has 0 fully saturated rings. The van der Waals surface area contributed by atoms with E-state index >= 15 is 0 Å². The molecule has 0 aromatic carbocycles. The minimum Gasteiger partial charge on any atom is -0.476 e. The van der Waals surface area contributed by atoms with Crippen molar-refractivity contribution in [2.45, 2.75) is 13.5 Å². The summed E-state index contributed by atoms with van der Waals surface area (Å²) >= 11 is 5.00. The fraction of sp³-hybridized carbons (Fsp3) is 0.222. The molecule has 0 saturated carbocycles. The van der Waals surface area contributed by atoms with Crippen LogP contribution in [0.15, 0.2) is 15.9 Å². The number of hydrogen-bond donors (Lipinski definition) is 1. The van der Waals surface area contributed by atoms with Gasteiger partial charge in [-0.2, -0.15) is 0 Å². The second-order valence-corrected chi connectivity index (χ2v) is 5.03. The Labute approximate surface area is 104 Å². The topological polar surface area (TPSA) is 68.0 Å². The van der Waals surface area contributed by atoms with E-state index in [1.165, 1.54) is 0 Å². The van der Waals surface area contributed by atoms with E-state index in [9.17, 15) is 4.79 Å². The van der Waals surface area contributed by atoms with Gasteiger partial charge in [-0.1, -0.05) is 5.21 Å². The summed E-state index contributed by atoms with van der Waals surface area (Å²) in [5.41, 5.74) is 0.570. The van der Waals surface area contributed by atoms with Crippen LogP contribution in [0.2, 0.25) is 0 Å².